The molecule has 1 N–H and O–H groups in total. The molecule has 0 spiro atoms. The SMILES string of the molecule is CC(Br)c1ccc2c(c1)NC(=O)CO2. The minimum Gasteiger partial charge on any atom is -0.482 e. The van der Waals surface area contributed by atoms with Crippen LogP contribution in [0.25, 0.3) is 0 Å². The standard InChI is InChI=1S/C10H10BrNO2/c1-6(11)7-2-3-9-8(4-7)12-10(13)5-14-9/h2-4,6H,5H2,1H3,(H,12,13). The summed E-state index contributed by atoms with van der Waals surface area (Å²) in [5, 5.41) is 2.77. The minimum atomic E-state index is -0.100. The topological polar surface area (TPSA) is 38.3 Å². The molecule has 0 radical (unpaired) electrons. The van der Waals surface area contributed by atoms with E-state index in [1.54, 1.807) is 0 Å². The van der Waals surface area contributed by atoms with Crippen LogP contribution in [0.4, 0.5) is 5.69 Å². The van der Waals surface area contributed by atoms with Crippen molar-refractivity contribution in [1.82, 2.24) is 0 Å². The first-order valence-electron chi connectivity index (χ1n) is 4.37. The molecule has 1 amide bonds. The molecule has 0 saturated carbocycles. The maximum atomic E-state index is 11.1. The number of alkyl halides is 1. The number of carbonyl (C=O) groups is 1. The molecule has 0 bridgehead atoms. The second-order valence-corrected chi connectivity index (χ2v) is 4.58. The zero-order valence-corrected chi connectivity index (χ0v) is 9.30. The zero-order valence-electron chi connectivity index (χ0n) is 7.71. The summed E-state index contributed by atoms with van der Waals surface area (Å²) in [7, 11) is 0. The smallest absolute Gasteiger partial charge is 0.262 e. The number of rotatable bonds is 1. The van der Waals surface area contributed by atoms with E-state index >= 15 is 0 Å². The molecule has 1 aromatic rings. The van der Waals surface area contributed by atoms with Gasteiger partial charge in [-0.3, -0.25) is 4.79 Å². The largest absolute Gasteiger partial charge is 0.482 e. The van der Waals surface area contributed by atoms with Crippen molar-refractivity contribution in [2.24, 2.45) is 0 Å². The second kappa shape index (κ2) is 3.61. The first-order chi connectivity index (χ1) is 6.66. The van der Waals surface area contributed by atoms with E-state index in [9.17, 15) is 4.79 Å². The highest BCUT2D eigenvalue weighted by Gasteiger charge is 2.16. The van der Waals surface area contributed by atoms with Crippen LogP contribution in [0.3, 0.4) is 0 Å². The molecule has 1 aliphatic rings. The predicted octanol–water partition coefficient (Wildman–Crippen LogP) is 2.47. The molecule has 1 heterocycles. The van der Waals surface area contributed by atoms with Crippen LogP contribution in [0, 0.1) is 0 Å². The maximum Gasteiger partial charge on any atom is 0.262 e. The molecule has 0 saturated heterocycles. The molecular weight excluding hydrogens is 246 g/mol. The van der Waals surface area contributed by atoms with Gasteiger partial charge in [0.25, 0.3) is 5.91 Å². The van der Waals surface area contributed by atoms with Crippen LogP contribution in [-0.4, -0.2) is 12.5 Å². The van der Waals surface area contributed by atoms with Crippen LogP contribution in [0.2, 0.25) is 0 Å². The van der Waals surface area contributed by atoms with E-state index in [4.69, 9.17) is 4.74 Å². The number of amides is 1. The normalized spacial score (nSPS) is 16.6. The Balaban J connectivity index is 2.37. The molecule has 1 unspecified atom stereocenters. The van der Waals surface area contributed by atoms with Gasteiger partial charge in [0.2, 0.25) is 0 Å². The lowest BCUT2D eigenvalue weighted by molar-refractivity contribution is -0.118. The molecule has 14 heavy (non-hydrogen) atoms. The molecule has 3 nitrogen and oxygen atoms in total. The van der Waals surface area contributed by atoms with Crippen LogP contribution >= 0.6 is 15.9 Å². The number of anilines is 1. The summed E-state index contributed by atoms with van der Waals surface area (Å²) in [5.74, 6) is 0.637. The fourth-order valence-corrected chi connectivity index (χ4v) is 1.63. The highest BCUT2D eigenvalue weighted by atomic mass is 79.9. The van der Waals surface area contributed by atoms with Crippen LogP contribution < -0.4 is 10.1 Å². The maximum absolute atomic E-state index is 11.1. The Hall–Kier alpha value is -1.03. The van der Waals surface area contributed by atoms with E-state index in [0.29, 0.717) is 0 Å². The molecule has 1 atom stereocenters. The van der Waals surface area contributed by atoms with E-state index in [2.05, 4.69) is 21.2 Å². The number of benzene rings is 1. The van der Waals surface area contributed by atoms with Crippen molar-refractivity contribution in [1.29, 1.82) is 0 Å². The first-order valence-corrected chi connectivity index (χ1v) is 5.29. The fraction of sp³-hybridized carbons (Fsp3) is 0.300. The molecule has 0 aromatic heterocycles. The van der Waals surface area contributed by atoms with E-state index in [1.807, 2.05) is 25.1 Å². The van der Waals surface area contributed by atoms with Crippen molar-refractivity contribution >= 4 is 27.5 Å². The van der Waals surface area contributed by atoms with Gasteiger partial charge in [0.05, 0.1) is 5.69 Å². The van der Waals surface area contributed by atoms with Gasteiger partial charge >= 0.3 is 0 Å². The highest BCUT2D eigenvalue weighted by Crippen LogP contribution is 2.32. The third-order valence-corrected chi connectivity index (χ3v) is 2.62. The third-order valence-electron chi connectivity index (χ3n) is 2.10. The minimum absolute atomic E-state index is 0.100. The molecule has 1 aromatic carbocycles. The van der Waals surface area contributed by atoms with Gasteiger partial charge < -0.3 is 10.1 Å². The number of ether oxygens (including phenoxy) is 1. The van der Waals surface area contributed by atoms with Gasteiger partial charge in [-0.25, -0.2) is 0 Å². The molecule has 0 fully saturated rings. The Morgan fingerprint density at radius 1 is 1.57 bits per heavy atom. The third kappa shape index (κ3) is 1.75. The Bertz CT molecular complexity index is 376. The summed E-state index contributed by atoms with van der Waals surface area (Å²) in [5.41, 5.74) is 1.87. The molecule has 74 valence electrons. The van der Waals surface area contributed by atoms with Gasteiger partial charge in [-0.15, -0.1) is 0 Å². The molecular formula is C10H10BrNO2. The first kappa shape index (κ1) is 9.52. The van der Waals surface area contributed by atoms with Gasteiger partial charge in [-0.1, -0.05) is 22.0 Å². The number of halogens is 1. The van der Waals surface area contributed by atoms with Crippen LogP contribution in [0.15, 0.2) is 18.2 Å². The van der Waals surface area contributed by atoms with Gasteiger partial charge in [0.15, 0.2) is 6.61 Å². The van der Waals surface area contributed by atoms with Crippen molar-refractivity contribution in [2.45, 2.75) is 11.8 Å². The molecule has 0 aliphatic carbocycles. The predicted molar refractivity (Wildman–Crippen MR) is 57.9 cm³/mol. The molecule has 4 heteroatoms. The van der Waals surface area contributed by atoms with Crippen molar-refractivity contribution in [3.8, 4) is 5.75 Å². The quantitative estimate of drug-likeness (QED) is 0.784. The van der Waals surface area contributed by atoms with E-state index in [1.165, 1.54) is 0 Å². The lowest BCUT2D eigenvalue weighted by Gasteiger charge is -2.18. The van der Waals surface area contributed by atoms with E-state index < -0.39 is 0 Å². The van der Waals surface area contributed by atoms with Crippen molar-refractivity contribution < 1.29 is 9.53 Å². The second-order valence-electron chi connectivity index (χ2n) is 3.21. The van der Waals surface area contributed by atoms with E-state index in [-0.39, 0.29) is 17.3 Å². The summed E-state index contributed by atoms with van der Waals surface area (Å²) in [4.78, 5) is 11.3. The lowest BCUT2D eigenvalue weighted by atomic mass is 10.1. The summed E-state index contributed by atoms with van der Waals surface area (Å²) < 4.78 is 5.24. The van der Waals surface area contributed by atoms with Crippen molar-refractivity contribution in [3.63, 3.8) is 0 Å². The number of hydrogen-bond acceptors (Lipinski definition) is 2. The number of fused-ring (bicyclic) bond motifs is 1. The van der Waals surface area contributed by atoms with Crippen LogP contribution in [0.1, 0.15) is 17.3 Å². The van der Waals surface area contributed by atoms with Gasteiger partial charge in [-0.2, -0.15) is 0 Å². The van der Waals surface area contributed by atoms with E-state index in [0.717, 1.165) is 17.0 Å². The lowest BCUT2D eigenvalue weighted by Crippen LogP contribution is -2.25. The number of hydrogen-bond donors (Lipinski definition) is 1. The fourth-order valence-electron chi connectivity index (χ4n) is 1.35. The van der Waals surface area contributed by atoms with Gasteiger partial charge in [-0.05, 0) is 24.6 Å². The molecule has 2 rings (SSSR count). The van der Waals surface area contributed by atoms with Crippen LogP contribution in [0.5, 0.6) is 5.75 Å². The summed E-state index contributed by atoms with van der Waals surface area (Å²) in [6, 6.07) is 5.78. The van der Waals surface area contributed by atoms with Gasteiger partial charge in [0.1, 0.15) is 5.75 Å². The number of carbonyl (C=O) groups excluding carboxylic acids is 1. The van der Waals surface area contributed by atoms with Crippen LogP contribution in [-0.2, 0) is 4.79 Å². The Labute approximate surface area is 90.6 Å². The van der Waals surface area contributed by atoms with Crippen molar-refractivity contribution in [2.75, 3.05) is 11.9 Å². The number of nitrogens with one attached hydrogen (secondary N) is 1. The Morgan fingerprint density at radius 3 is 3.07 bits per heavy atom. The average Bonchev–Trinajstić information content (AvgIpc) is 2.16. The Morgan fingerprint density at radius 2 is 2.36 bits per heavy atom. The Kier molecular flexibility index (Phi) is 2.46. The highest BCUT2D eigenvalue weighted by molar-refractivity contribution is 9.09. The summed E-state index contributed by atoms with van der Waals surface area (Å²) in [6.07, 6.45) is 0. The average molecular weight is 256 g/mol. The molecule has 1 aliphatic heterocycles. The summed E-state index contributed by atoms with van der Waals surface area (Å²) in [6.45, 7) is 2.14. The monoisotopic (exact) mass is 255 g/mol. The van der Waals surface area contributed by atoms with Crippen molar-refractivity contribution in [3.05, 3.63) is 23.8 Å². The summed E-state index contributed by atoms with van der Waals surface area (Å²) >= 11 is 3.47. The zero-order chi connectivity index (χ0) is 10.1. The van der Waals surface area contributed by atoms with Gasteiger partial charge in [0, 0.05) is 4.83 Å².